The van der Waals surface area contributed by atoms with Gasteiger partial charge in [-0.3, -0.25) is 9.59 Å². The fourth-order valence-electron chi connectivity index (χ4n) is 2.36. The largest absolute Gasteiger partial charge is 0.484 e. The lowest BCUT2D eigenvalue weighted by atomic mass is 10.1. The van der Waals surface area contributed by atoms with Crippen LogP contribution in [0.3, 0.4) is 0 Å². The molecule has 1 amide bonds. The summed E-state index contributed by atoms with van der Waals surface area (Å²) in [6.45, 7) is 5.46. The summed E-state index contributed by atoms with van der Waals surface area (Å²) in [7, 11) is 0. The number of benzene rings is 2. The van der Waals surface area contributed by atoms with Gasteiger partial charge in [0.15, 0.2) is 12.4 Å². The van der Waals surface area contributed by atoms with Gasteiger partial charge in [-0.05, 0) is 43.5 Å². The molecule has 4 nitrogen and oxygen atoms in total. The van der Waals surface area contributed by atoms with E-state index in [4.69, 9.17) is 4.74 Å². The maximum Gasteiger partial charge on any atom is 0.258 e. The second-order valence-electron chi connectivity index (χ2n) is 5.76. The van der Waals surface area contributed by atoms with Crippen molar-refractivity contribution in [3.8, 4) is 5.75 Å². The molecular formula is C20H23NO3. The quantitative estimate of drug-likeness (QED) is 0.790. The summed E-state index contributed by atoms with van der Waals surface area (Å²) >= 11 is 0. The van der Waals surface area contributed by atoms with Crippen LogP contribution in [0.25, 0.3) is 0 Å². The van der Waals surface area contributed by atoms with E-state index >= 15 is 0 Å². The van der Waals surface area contributed by atoms with Gasteiger partial charge in [-0.2, -0.15) is 0 Å². The topological polar surface area (TPSA) is 55.4 Å². The van der Waals surface area contributed by atoms with Gasteiger partial charge in [-0.25, -0.2) is 0 Å². The van der Waals surface area contributed by atoms with Crippen molar-refractivity contribution in [1.29, 1.82) is 0 Å². The monoisotopic (exact) mass is 325 g/mol. The molecule has 2 aromatic carbocycles. The van der Waals surface area contributed by atoms with Gasteiger partial charge in [-0.1, -0.05) is 43.3 Å². The van der Waals surface area contributed by atoms with Gasteiger partial charge in [0.25, 0.3) is 5.91 Å². The maximum atomic E-state index is 12.0. The smallest absolute Gasteiger partial charge is 0.258 e. The molecule has 0 aromatic heterocycles. The van der Waals surface area contributed by atoms with E-state index in [1.807, 2.05) is 19.1 Å². The van der Waals surface area contributed by atoms with E-state index in [1.165, 1.54) is 12.5 Å². The van der Waals surface area contributed by atoms with E-state index in [-0.39, 0.29) is 24.3 Å². The molecule has 0 aliphatic heterocycles. The van der Waals surface area contributed by atoms with Gasteiger partial charge >= 0.3 is 0 Å². The number of ketones is 1. The molecule has 0 saturated heterocycles. The molecule has 24 heavy (non-hydrogen) atoms. The molecule has 1 N–H and O–H groups in total. The van der Waals surface area contributed by atoms with Crippen molar-refractivity contribution >= 4 is 11.7 Å². The summed E-state index contributed by atoms with van der Waals surface area (Å²) in [6.07, 6.45) is 0.994. The maximum absolute atomic E-state index is 12.0. The molecule has 0 aliphatic carbocycles. The summed E-state index contributed by atoms with van der Waals surface area (Å²) in [6, 6.07) is 14.9. The Kier molecular flexibility index (Phi) is 6.13. The Balaban J connectivity index is 1.88. The first-order chi connectivity index (χ1) is 11.5. The lowest BCUT2D eigenvalue weighted by Gasteiger charge is -2.15. The Hall–Kier alpha value is -2.62. The molecule has 4 heteroatoms. The van der Waals surface area contributed by atoms with Crippen LogP contribution in [0.1, 0.15) is 48.3 Å². The first-order valence-electron chi connectivity index (χ1n) is 8.11. The average molecular weight is 325 g/mol. The Morgan fingerprint density at radius 2 is 1.83 bits per heavy atom. The van der Waals surface area contributed by atoms with Crippen molar-refractivity contribution in [2.24, 2.45) is 0 Å². The molecule has 0 bridgehead atoms. The molecule has 0 saturated carbocycles. The molecule has 126 valence electrons. The van der Waals surface area contributed by atoms with Gasteiger partial charge < -0.3 is 10.1 Å². The number of nitrogens with one attached hydrogen (secondary N) is 1. The third kappa shape index (κ3) is 4.95. The summed E-state index contributed by atoms with van der Waals surface area (Å²) in [4.78, 5) is 23.4. The first-order valence-corrected chi connectivity index (χ1v) is 8.11. The standard InChI is InChI=1S/C20H23NO3/c1-4-16-8-10-17(11-9-16)14(2)21-20(23)13-24-19-7-5-6-18(12-19)15(3)22/h5-12,14H,4,13H2,1-3H3,(H,21,23). The zero-order chi connectivity index (χ0) is 17.5. The third-order valence-electron chi connectivity index (χ3n) is 3.88. The van der Waals surface area contributed by atoms with Crippen LogP contribution in [0.15, 0.2) is 48.5 Å². The third-order valence-corrected chi connectivity index (χ3v) is 3.88. The zero-order valence-electron chi connectivity index (χ0n) is 14.3. The predicted octanol–water partition coefficient (Wildman–Crippen LogP) is 3.71. The normalized spacial score (nSPS) is 11.6. The van der Waals surface area contributed by atoms with Gasteiger partial charge in [0.05, 0.1) is 6.04 Å². The molecule has 2 aromatic rings. The van der Waals surface area contributed by atoms with E-state index in [2.05, 4.69) is 24.4 Å². The Morgan fingerprint density at radius 3 is 2.46 bits per heavy atom. The molecule has 0 fully saturated rings. The number of ether oxygens (including phenoxy) is 1. The number of aryl methyl sites for hydroxylation is 1. The number of hydrogen-bond acceptors (Lipinski definition) is 3. The highest BCUT2D eigenvalue weighted by atomic mass is 16.5. The summed E-state index contributed by atoms with van der Waals surface area (Å²) in [5, 5.41) is 2.91. The van der Waals surface area contributed by atoms with Crippen molar-refractivity contribution in [2.45, 2.75) is 33.2 Å². The van der Waals surface area contributed by atoms with Crippen LogP contribution in [0.4, 0.5) is 0 Å². The van der Waals surface area contributed by atoms with E-state index in [9.17, 15) is 9.59 Å². The molecule has 0 radical (unpaired) electrons. The fourth-order valence-corrected chi connectivity index (χ4v) is 2.36. The first kappa shape index (κ1) is 17.7. The number of rotatable bonds is 7. The van der Waals surface area contributed by atoms with E-state index in [1.54, 1.807) is 24.3 Å². The van der Waals surface area contributed by atoms with E-state index in [0.717, 1.165) is 12.0 Å². The Labute approximate surface area is 142 Å². The fraction of sp³-hybridized carbons (Fsp3) is 0.300. The lowest BCUT2D eigenvalue weighted by Crippen LogP contribution is -2.31. The molecule has 1 unspecified atom stereocenters. The summed E-state index contributed by atoms with van der Waals surface area (Å²) in [5.41, 5.74) is 2.89. The predicted molar refractivity (Wildman–Crippen MR) is 94.3 cm³/mol. The van der Waals surface area contributed by atoms with Gasteiger partial charge in [0.1, 0.15) is 5.75 Å². The molecule has 0 heterocycles. The molecule has 2 rings (SSSR count). The average Bonchev–Trinajstić information content (AvgIpc) is 2.60. The second-order valence-corrected chi connectivity index (χ2v) is 5.76. The van der Waals surface area contributed by atoms with Crippen LogP contribution in [0, 0.1) is 0 Å². The van der Waals surface area contributed by atoms with Crippen molar-refractivity contribution in [3.63, 3.8) is 0 Å². The van der Waals surface area contributed by atoms with Gasteiger partial charge in [0, 0.05) is 5.56 Å². The number of carbonyl (C=O) groups excluding carboxylic acids is 2. The highest BCUT2D eigenvalue weighted by Gasteiger charge is 2.10. The lowest BCUT2D eigenvalue weighted by molar-refractivity contribution is -0.123. The molecule has 0 aliphatic rings. The SMILES string of the molecule is CCc1ccc(C(C)NC(=O)COc2cccc(C(C)=O)c2)cc1. The van der Waals surface area contributed by atoms with E-state index in [0.29, 0.717) is 11.3 Å². The minimum absolute atomic E-state index is 0.0333. The van der Waals surface area contributed by atoms with Gasteiger partial charge in [0.2, 0.25) is 0 Å². The highest BCUT2D eigenvalue weighted by molar-refractivity contribution is 5.94. The molecular weight excluding hydrogens is 302 g/mol. The van der Waals surface area contributed by atoms with Crippen LogP contribution in [-0.2, 0) is 11.2 Å². The van der Waals surface area contributed by atoms with Gasteiger partial charge in [-0.15, -0.1) is 0 Å². The van der Waals surface area contributed by atoms with Crippen LogP contribution < -0.4 is 10.1 Å². The minimum atomic E-state index is -0.199. The molecule has 1 atom stereocenters. The number of Topliss-reactive ketones (excluding diaryl/α,β-unsaturated/α-hetero) is 1. The van der Waals surface area contributed by atoms with Crippen LogP contribution in [0.5, 0.6) is 5.75 Å². The zero-order valence-corrected chi connectivity index (χ0v) is 14.3. The Morgan fingerprint density at radius 1 is 1.12 bits per heavy atom. The van der Waals surface area contributed by atoms with Crippen molar-refractivity contribution < 1.29 is 14.3 Å². The van der Waals surface area contributed by atoms with Crippen molar-refractivity contribution in [3.05, 3.63) is 65.2 Å². The minimum Gasteiger partial charge on any atom is -0.484 e. The summed E-state index contributed by atoms with van der Waals surface area (Å²) in [5.74, 6) is 0.280. The van der Waals surface area contributed by atoms with E-state index < -0.39 is 0 Å². The summed E-state index contributed by atoms with van der Waals surface area (Å²) < 4.78 is 5.47. The number of hydrogen-bond donors (Lipinski definition) is 1. The van der Waals surface area contributed by atoms with Crippen molar-refractivity contribution in [1.82, 2.24) is 5.32 Å². The second kappa shape index (κ2) is 8.29. The number of carbonyl (C=O) groups is 2. The van der Waals surface area contributed by atoms with Crippen molar-refractivity contribution in [2.75, 3.05) is 6.61 Å². The van der Waals surface area contributed by atoms with Crippen LogP contribution >= 0.6 is 0 Å². The van der Waals surface area contributed by atoms with Crippen LogP contribution in [-0.4, -0.2) is 18.3 Å². The number of amides is 1. The molecule has 0 spiro atoms. The highest BCUT2D eigenvalue weighted by Crippen LogP contribution is 2.15. The Bertz CT molecular complexity index is 707. The van der Waals surface area contributed by atoms with Crippen LogP contribution in [0.2, 0.25) is 0 Å².